The van der Waals surface area contributed by atoms with Gasteiger partial charge in [0.1, 0.15) is 11.7 Å². The molecule has 4 heterocycles. The fourth-order valence-electron chi connectivity index (χ4n) is 5.70. The third-order valence-corrected chi connectivity index (χ3v) is 8.01. The maximum absolute atomic E-state index is 13.3. The number of hydrogen-bond acceptors (Lipinski definition) is 9. The van der Waals surface area contributed by atoms with E-state index in [-0.39, 0.29) is 24.0 Å². The number of rotatable bonds is 8. The second-order valence-corrected chi connectivity index (χ2v) is 10.7. The molecule has 11 heteroatoms. The largest absolute Gasteiger partial charge is 0.380 e. The summed E-state index contributed by atoms with van der Waals surface area (Å²) in [6.07, 6.45) is 2.70. The molecule has 0 bridgehead atoms. The number of amides is 4. The Balaban J connectivity index is 1.04. The van der Waals surface area contributed by atoms with Crippen molar-refractivity contribution in [3.8, 4) is 0 Å². The first-order valence-corrected chi connectivity index (χ1v) is 14.0. The van der Waals surface area contributed by atoms with E-state index >= 15 is 0 Å². The SMILES string of the molecule is O=Cc1ccc(N2CCN(Cc3ccc(CNc4cccc5c4C(=O)N([C@H]4CCC(=O)NC4=O)C5=O)cc3)CC2)cn1. The van der Waals surface area contributed by atoms with Crippen LogP contribution in [-0.4, -0.2) is 76.9 Å². The van der Waals surface area contributed by atoms with E-state index in [4.69, 9.17) is 0 Å². The van der Waals surface area contributed by atoms with E-state index in [0.717, 1.165) is 55.2 Å². The predicted octanol–water partition coefficient (Wildman–Crippen LogP) is 2.23. The molecule has 0 spiro atoms. The number of nitrogens with zero attached hydrogens (tertiary/aromatic N) is 4. The molecule has 1 aromatic heterocycles. The van der Waals surface area contributed by atoms with E-state index in [0.29, 0.717) is 17.9 Å². The molecular weight excluding hydrogens is 536 g/mol. The molecule has 6 rings (SSSR count). The zero-order chi connectivity index (χ0) is 29.2. The predicted molar refractivity (Wildman–Crippen MR) is 154 cm³/mol. The Hall–Kier alpha value is -4.90. The Bertz CT molecular complexity index is 1550. The van der Waals surface area contributed by atoms with Gasteiger partial charge in [-0.05, 0) is 41.8 Å². The van der Waals surface area contributed by atoms with E-state index in [1.165, 1.54) is 5.56 Å². The quantitative estimate of drug-likeness (QED) is 0.311. The topological polar surface area (TPSA) is 132 Å². The van der Waals surface area contributed by atoms with Crippen LogP contribution in [0.25, 0.3) is 0 Å². The summed E-state index contributed by atoms with van der Waals surface area (Å²) in [6.45, 7) is 4.89. The molecule has 0 saturated carbocycles. The third kappa shape index (κ3) is 5.38. The first-order valence-electron chi connectivity index (χ1n) is 14.0. The number of imide groups is 2. The average Bonchev–Trinajstić information content (AvgIpc) is 3.27. The van der Waals surface area contributed by atoms with Crippen molar-refractivity contribution >= 4 is 41.3 Å². The van der Waals surface area contributed by atoms with Crippen molar-refractivity contribution in [2.24, 2.45) is 0 Å². The molecule has 0 unspecified atom stereocenters. The minimum absolute atomic E-state index is 0.0800. The lowest BCUT2D eigenvalue weighted by Gasteiger charge is -2.36. The number of hydrogen-bond donors (Lipinski definition) is 2. The first kappa shape index (κ1) is 27.3. The lowest BCUT2D eigenvalue weighted by Crippen LogP contribution is -2.54. The second kappa shape index (κ2) is 11.5. The van der Waals surface area contributed by atoms with Gasteiger partial charge in [0, 0.05) is 51.4 Å². The molecule has 1 atom stereocenters. The summed E-state index contributed by atoms with van der Waals surface area (Å²) in [6, 6.07) is 16.0. The van der Waals surface area contributed by atoms with Gasteiger partial charge in [-0.25, -0.2) is 0 Å². The van der Waals surface area contributed by atoms with Crippen molar-refractivity contribution < 1.29 is 24.0 Å². The molecule has 11 nitrogen and oxygen atoms in total. The van der Waals surface area contributed by atoms with E-state index in [1.807, 2.05) is 18.2 Å². The Morgan fingerprint density at radius 3 is 2.36 bits per heavy atom. The minimum atomic E-state index is -0.995. The molecule has 0 radical (unpaired) electrons. The molecular formula is C31H30N6O5. The molecule has 214 valence electrons. The van der Waals surface area contributed by atoms with Crippen LogP contribution in [0.1, 0.15) is 55.2 Å². The molecule has 0 aliphatic carbocycles. The van der Waals surface area contributed by atoms with E-state index in [2.05, 4.69) is 37.6 Å². The van der Waals surface area contributed by atoms with Crippen LogP contribution < -0.4 is 15.5 Å². The standard InChI is InChI=1S/C31H30N6O5/c38-19-22-8-9-23(17-32-22)36-14-12-35(13-15-36)18-21-6-4-20(5-7-21)16-33-25-3-1-2-24-28(25)31(42)37(30(24)41)26-10-11-27(39)34-29(26)40/h1-9,17,19,26,33H,10-16,18H2,(H,34,39,40)/t26-/m0/s1. The van der Waals surface area contributed by atoms with Gasteiger partial charge in [0.2, 0.25) is 11.8 Å². The van der Waals surface area contributed by atoms with Gasteiger partial charge in [0.15, 0.2) is 6.29 Å². The fraction of sp³-hybridized carbons (Fsp3) is 0.290. The van der Waals surface area contributed by atoms with Crippen LogP contribution >= 0.6 is 0 Å². The highest BCUT2D eigenvalue weighted by Crippen LogP contribution is 2.32. The van der Waals surface area contributed by atoms with Crippen molar-refractivity contribution in [2.75, 3.05) is 36.4 Å². The molecule has 2 fully saturated rings. The number of carbonyl (C=O) groups is 5. The maximum atomic E-state index is 13.3. The summed E-state index contributed by atoms with van der Waals surface area (Å²) in [7, 11) is 0. The number of piperidine rings is 1. The summed E-state index contributed by atoms with van der Waals surface area (Å²) in [5.74, 6) is -2.08. The highest BCUT2D eigenvalue weighted by Gasteiger charge is 2.45. The summed E-state index contributed by atoms with van der Waals surface area (Å²) >= 11 is 0. The molecule has 2 saturated heterocycles. The Kier molecular flexibility index (Phi) is 7.49. The highest BCUT2D eigenvalue weighted by molar-refractivity contribution is 6.25. The number of nitrogens with one attached hydrogen (secondary N) is 2. The van der Waals surface area contributed by atoms with Gasteiger partial charge >= 0.3 is 0 Å². The van der Waals surface area contributed by atoms with Crippen molar-refractivity contribution in [2.45, 2.75) is 32.0 Å². The lowest BCUT2D eigenvalue weighted by atomic mass is 10.0. The van der Waals surface area contributed by atoms with Gasteiger partial charge in [-0.2, -0.15) is 0 Å². The molecule has 42 heavy (non-hydrogen) atoms. The van der Waals surface area contributed by atoms with Crippen LogP contribution in [0.4, 0.5) is 11.4 Å². The van der Waals surface area contributed by atoms with Crippen LogP contribution in [0.2, 0.25) is 0 Å². The third-order valence-electron chi connectivity index (χ3n) is 8.01. The van der Waals surface area contributed by atoms with Crippen LogP contribution in [0, 0.1) is 0 Å². The second-order valence-electron chi connectivity index (χ2n) is 10.7. The number of aromatic nitrogens is 1. The van der Waals surface area contributed by atoms with Crippen LogP contribution in [0.3, 0.4) is 0 Å². The molecule has 3 aromatic rings. The Morgan fingerprint density at radius 1 is 0.905 bits per heavy atom. The number of aldehydes is 1. The zero-order valence-electron chi connectivity index (χ0n) is 22.9. The van der Waals surface area contributed by atoms with E-state index in [1.54, 1.807) is 30.5 Å². The lowest BCUT2D eigenvalue weighted by molar-refractivity contribution is -0.136. The molecule has 3 aliphatic rings. The van der Waals surface area contributed by atoms with Gasteiger partial charge in [-0.3, -0.25) is 44.1 Å². The Morgan fingerprint density at radius 2 is 1.67 bits per heavy atom. The summed E-state index contributed by atoms with van der Waals surface area (Å²) in [5.41, 5.74) is 4.70. The van der Waals surface area contributed by atoms with Crippen molar-refractivity contribution in [3.05, 3.63) is 88.7 Å². The first-order chi connectivity index (χ1) is 20.4. The zero-order valence-corrected chi connectivity index (χ0v) is 22.9. The van der Waals surface area contributed by atoms with Crippen molar-refractivity contribution in [1.29, 1.82) is 0 Å². The number of fused-ring (bicyclic) bond motifs is 1. The normalized spacial score (nSPS) is 19.1. The van der Waals surface area contributed by atoms with Crippen molar-refractivity contribution in [3.63, 3.8) is 0 Å². The minimum Gasteiger partial charge on any atom is -0.380 e. The monoisotopic (exact) mass is 566 g/mol. The Labute approximate surface area is 242 Å². The smallest absolute Gasteiger partial charge is 0.264 e. The number of benzene rings is 2. The van der Waals surface area contributed by atoms with Gasteiger partial charge in [0.05, 0.1) is 23.0 Å². The van der Waals surface area contributed by atoms with Crippen LogP contribution in [0.15, 0.2) is 60.8 Å². The number of anilines is 2. The highest BCUT2D eigenvalue weighted by atomic mass is 16.2. The molecule has 3 aliphatic heterocycles. The van der Waals surface area contributed by atoms with Crippen LogP contribution in [-0.2, 0) is 22.7 Å². The summed E-state index contributed by atoms with van der Waals surface area (Å²) in [4.78, 5) is 70.9. The van der Waals surface area contributed by atoms with Gasteiger partial charge < -0.3 is 10.2 Å². The molecule has 2 N–H and O–H groups in total. The van der Waals surface area contributed by atoms with Gasteiger partial charge in [-0.15, -0.1) is 0 Å². The summed E-state index contributed by atoms with van der Waals surface area (Å²) in [5, 5.41) is 5.51. The number of piperazine rings is 1. The maximum Gasteiger partial charge on any atom is 0.264 e. The number of carbonyl (C=O) groups excluding carboxylic acids is 5. The van der Waals surface area contributed by atoms with Crippen molar-refractivity contribution in [1.82, 2.24) is 20.1 Å². The molecule has 2 aromatic carbocycles. The number of pyridine rings is 1. The van der Waals surface area contributed by atoms with E-state index < -0.39 is 29.7 Å². The van der Waals surface area contributed by atoms with Crippen LogP contribution in [0.5, 0.6) is 0 Å². The molecule has 4 amide bonds. The summed E-state index contributed by atoms with van der Waals surface area (Å²) < 4.78 is 0. The van der Waals surface area contributed by atoms with Gasteiger partial charge in [-0.1, -0.05) is 30.3 Å². The van der Waals surface area contributed by atoms with Gasteiger partial charge in [0.25, 0.3) is 11.8 Å². The fourth-order valence-corrected chi connectivity index (χ4v) is 5.70. The average molecular weight is 567 g/mol. The van der Waals surface area contributed by atoms with E-state index in [9.17, 15) is 24.0 Å².